The lowest BCUT2D eigenvalue weighted by Crippen LogP contribution is -2.49. The van der Waals surface area contributed by atoms with Gasteiger partial charge in [-0.1, -0.05) is 34.1 Å². The van der Waals surface area contributed by atoms with Gasteiger partial charge in [-0.25, -0.2) is 9.78 Å². The molecule has 0 aliphatic heterocycles. The number of hydrogen-bond acceptors (Lipinski definition) is 3. The largest absolute Gasteiger partial charge is 0.350 e. The second-order valence-corrected chi connectivity index (χ2v) is 5.79. The van der Waals surface area contributed by atoms with E-state index >= 15 is 0 Å². The number of carbonyl (C=O) groups excluding carboxylic acids is 2. The third-order valence-electron chi connectivity index (χ3n) is 3.12. The third kappa shape index (κ3) is 5.37. The summed E-state index contributed by atoms with van der Waals surface area (Å²) in [6.07, 6.45) is 3.25. The zero-order chi connectivity index (χ0) is 16.7. The van der Waals surface area contributed by atoms with E-state index < -0.39 is 6.03 Å². The maximum atomic E-state index is 12.0. The number of rotatable bonds is 5. The number of pyridine rings is 1. The van der Waals surface area contributed by atoms with Gasteiger partial charge in [0.1, 0.15) is 0 Å². The van der Waals surface area contributed by atoms with Crippen molar-refractivity contribution in [2.24, 2.45) is 5.73 Å². The molecule has 1 heterocycles. The van der Waals surface area contributed by atoms with Gasteiger partial charge >= 0.3 is 6.03 Å². The van der Waals surface area contributed by atoms with Gasteiger partial charge < -0.3 is 5.73 Å². The molecule has 0 aliphatic carbocycles. The maximum absolute atomic E-state index is 12.0. The van der Waals surface area contributed by atoms with Crippen LogP contribution in [0.1, 0.15) is 18.4 Å². The highest BCUT2D eigenvalue weighted by molar-refractivity contribution is 9.10. The Morgan fingerprint density at radius 3 is 2.52 bits per heavy atom. The molecule has 0 bridgehead atoms. The molecule has 23 heavy (non-hydrogen) atoms. The number of hydrogen-bond donors (Lipinski definition) is 2. The van der Waals surface area contributed by atoms with Crippen LogP contribution in [0.4, 0.5) is 10.6 Å². The van der Waals surface area contributed by atoms with E-state index in [9.17, 15) is 9.59 Å². The van der Waals surface area contributed by atoms with E-state index in [0.29, 0.717) is 6.42 Å². The molecular formula is C16H17BrN4O2. The first-order valence-corrected chi connectivity index (χ1v) is 7.90. The van der Waals surface area contributed by atoms with Gasteiger partial charge in [-0.3, -0.25) is 10.2 Å². The number of carbonyl (C=O) groups is 2. The van der Waals surface area contributed by atoms with Crippen LogP contribution in [0.2, 0.25) is 0 Å². The fraction of sp³-hybridized carbons (Fsp3) is 0.188. The van der Waals surface area contributed by atoms with Crippen LogP contribution in [-0.4, -0.2) is 16.9 Å². The first-order valence-electron chi connectivity index (χ1n) is 7.11. The summed E-state index contributed by atoms with van der Waals surface area (Å²) >= 11 is 3.38. The Hall–Kier alpha value is -2.41. The minimum atomic E-state index is -0.787. The Morgan fingerprint density at radius 2 is 1.91 bits per heavy atom. The van der Waals surface area contributed by atoms with E-state index in [1.54, 1.807) is 18.2 Å². The fourth-order valence-electron chi connectivity index (χ4n) is 2.00. The Bertz CT molecular complexity index is 662. The van der Waals surface area contributed by atoms with E-state index in [-0.39, 0.29) is 18.1 Å². The van der Waals surface area contributed by atoms with Crippen LogP contribution in [0.15, 0.2) is 53.1 Å². The van der Waals surface area contributed by atoms with Gasteiger partial charge in [0, 0.05) is 17.1 Å². The molecule has 0 aliphatic rings. The molecular weight excluding hydrogens is 360 g/mol. The zero-order valence-corrected chi connectivity index (χ0v) is 14.0. The van der Waals surface area contributed by atoms with Crippen LogP contribution in [0.5, 0.6) is 0 Å². The second-order valence-electron chi connectivity index (χ2n) is 4.88. The van der Waals surface area contributed by atoms with Crippen LogP contribution >= 0.6 is 15.9 Å². The maximum Gasteiger partial charge on any atom is 0.339 e. The van der Waals surface area contributed by atoms with Crippen molar-refractivity contribution in [3.05, 3.63) is 58.7 Å². The third-order valence-corrected chi connectivity index (χ3v) is 3.65. The molecule has 0 atom stereocenters. The van der Waals surface area contributed by atoms with Crippen LogP contribution < -0.4 is 16.2 Å². The fourth-order valence-corrected chi connectivity index (χ4v) is 2.26. The van der Waals surface area contributed by atoms with E-state index in [4.69, 9.17) is 5.73 Å². The molecule has 3 amide bonds. The first kappa shape index (κ1) is 17.0. The molecule has 0 radical (unpaired) electrons. The van der Waals surface area contributed by atoms with E-state index in [1.165, 1.54) is 6.20 Å². The van der Waals surface area contributed by atoms with Gasteiger partial charge in [-0.05, 0) is 42.7 Å². The Labute approximate surface area is 142 Å². The number of primary amides is 1. The minimum Gasteiger partial charge on any atom is -0.350 e. The smallest absolute Gasteiger partial charge is 0.339 e. The number of hydrazine groups is 1. The highest BCUT2D eigenvalue weighted by Gasteiger charge is 2.16. The molecule has 1 aromatic carbocycles. The lowest BCUT2D eigenvalue weighted by atomic mass is 10.1. The molecule has 0 spiro atoms. The highest BCUT2D eigenvalue weighted by atomic mass is 79.9. The van der Waals surface area contributed by atoms with E-state index in [0.717, 1.165) is 21.5 Å². The van der Waals surface area contributed by atoms with Crippen molar-refractivity contribution in [2.75, 3.05) is 5.01 Å². The molecule has 0 fully saturated rings. The second kappa shape index (κ2) is 8.28. The summed E-state index contributed by atoms with van der Waals surface area (Å²) in [4.78, 5) is 27.4. The molecule has 6 nitrogen and oxygen atoms in total. The number of nitrogens with two attached hydrogens (primary N) is 1. The van der Waals surface area contributed by atoms with E-state index in [2.05, 4.69) is 26.3 Å². The Kier molecular flexibility index (Phi) is 6.10. The molecule has 7 heteroatoms. The molecule has 1 aromatic heterocycles. The van der Waals surface area contributed by atoms with Gasteiger partial charge in [0.15, 0.2) is 5.82 Å². The Morgan fingerprint density at radius 1 is 1.17 bits per heavy atom. The zero-order valence-electron chi connectivity index (χ0n) is 12.4. The average Bonchev–Trinajstić information content (AvgIpc) is 2.55. The van der Waals surface area contributed by atoms with Crippen molar-refractivity contribution in [1.29, 1.82) is 0 Å². The van der Waals surface area contributed by atoms with Crippen LogP contribution in [0.3, 0.4) is 0 Å². The van der Waals surface area contributed by atoms with Gasteiger partial charge in [-0.2, -0.15) is 5.01 Å². The van der Waals surface area contributed by atoms with Crippen molar-refractivity contribution in [3.63, 3.8) is 0 Å². The lowest BCUT2D eigenvalue weighted by molar-refractivity contribution is -0.121. The first-order chi connectivity index (χ1) is 11.1. The van der Waals surface area contributed by atoms with E-state index in [1.807, 2.05) is 24.3 Å². The monoisotopic (exact) mass is 376 g/mol. The van der Waals surface area contributed by atoms with Crippen LogP contribution in [0.25, 0.3) is 0 Å². The van der Waals surface area contributed by atoms with Crippen molar-refractivity contribution in [3.8, 4) is 0 Å². The topological polar surface area (TPSA) is 88.3 Å². The summed E-state index contributed by atoms with van der Waals surface area (Å²) in [7, 11) is 0. The summed E-state index contributed by atoms with van der Waals surface area (Å²) in [6.45, 7) is 0. The quantitative estimate of drug-likeness (QED) is 0.786. The molecule has 3 N–H and O–H groups in total. The molecule has 0 saturated heterocycles. The van der Waals surface area contributed by atoms with Crippen molar-refractivity contribution < 1.29 is 9.59 Å². The highest BCUT2D eigenvalue weighted by Crippen LogP contribution is 2.12. The number of halogens is 1. The SMILES string of the molecule is NC(=O)N(NC(=O)CCCc1ccc(Br)cc1)c1ccccn1. The molecule has 0 unspecified atom stereocenters. The minimum absolute atomic E-state index is 0.279. The summed E-state index contributed by atoms with van der Waals surface area (Å²) in [5.74, 6) is -0.00664. The lowest BCUT2D eigenvalue weighted by Gasteiger charge is -2.19. The van der Waals surface area contributed by atoms with Crippen molar-refractivity contribution in [2.45, 2.75) is 19.3 Å². The number of anilines is 1. The normalized spacial score (nSPS) is 10.1. The summed E-state index contributed by atoms with van der Waals surface area (Å²) < 4.78 is 1.02. The molecule has 2 aromatic rings. The number of nitrogens with one attached hydrogen (secondary N) is 1. The Balaban J connectivity index is 1.85. The number of aryl methyl sites for hydroxylation is 1. The van der Waals surface area contributed by atoms with Crippen LogP contribution in [-0.2, 0) is 11.2 Å². The predicted molar refractivity (Wildman–Crippen MR) is 91.5 cm³/mol. The number of urea groups is 1. The molecule has 120 valence electrons. The number of aromatic nitrogens is 1. The van der Waals surface area contributed by atoms with Gasteiger partial charge in [0.25, 0.3) is 0 Å². The predicted octanol–water partition coefficient (Wildman–Crippen LogP) is 2.78. The number of benzene rings is 1. The summed E-state index contributed by atoms with van der Waals surface area (Å²) in [5.41, 5.74) is 8.91. The summed E-state index contributed by atoms with van der Waals surface area (Å²) in [5, 5.41) is 0.946. The number of nitrogens with zero attached hydrogens (tertiary/aromatic N) is 2. The van der Waals surface area contributed by atoms with Crippen molar-refractivity contribution >= 4 is 33.7 Å². The van der Waals surface area contributed by atoms with Gasteiger partial charge in [0.05, 0.1) is 0 Å². The van der Waals surface area contributed by atoms with Gasteiger partial charge in [-0.15, -0.1) is 0 Å². The molecule has 0 saturated carbocycles. The average molecular weight is 377 g/mol. The standard InChI is InChI=1S/C16H17BrN4O2/c17-13-9-7-12(8-10-13)4-3-6-15(22)20-21(16(18)23)14-5-1-2-11-19-14/h1-2,5,7-11H,3-4,6H2,(H2,18,23)(H,20,22). The van der Waals surface area contributed by atoms with Crippen LogP contribution in [0, 0.1) is 0 Å². The molecule has 2 rings (SSSR count). The number of amides is 3. The summed E-state index contributed by atoms with van der Waals surface area (Å²) in [6, 6.07) is 12.2. The van der Waals surface area contributed by atoms with Gasteiger partial charge in [0.2, 0.25) is 5.91 Å². The van der Waals surface area contributed by atoms with Crippen molar-refractivity contribution in [1.82, 2.24) is 10.4 Å².